The van der Waals surface area contributed by atoms with Gasteiger partial charge in [-0.2, -0.15) is 11.8 Å². The van der Waals surface area contributed by atoms with Gasteiger partial charge in [0.1, 0.15) is 6.54 Å². The SMILES string of the molecule is CSc1ccc(S(=O)(=O)N(CC(=O)NCCSCc2ccccc2C)c2ccc(C)cc2)cc1. The molecule has 34 heavy (non-hydrogen) atoms. The van der Waals surface area contributed by atoms with E-state index in [4.69, 9.17) is 0 Å². The van der Waals surface area contributed by atoms with Gasteiger partial charge in [0.2, 0.25) is 5.91 Å². The van der Waals surface area contributed by atoms with Crippen LogP contribution in [0.2, 0.25) is 0 Å². The molecule has 0 fully saturated rings. The van der Waals surface area contributed by atoms with Crippen LogP contribution in [0.4, 0.5) is 5.69 Å². The summed E-state index contributed by atoms with van der Waals surface area (Å²) >= 11 is 3.28. The summed E-state index contributed by atoms with van der Waals surface area (Å²) in [5.41, 5.74) is 4.01. The van der Waals surface area contributed by atoms with E-state index in [1.807, 2.05) is 37.4 Å². The molecule has 5 nitrogen and oxygen atoms in total. The number of anilines is 1. The number of rotatable bonds is 11. The number of benzene rings is 3. The quantitative estimate of drug-likeness (QED) is 0.279. The molecular weight excluding hydrogens is 484 g/mol. The van der Waals surface area contributed by atoms with Crippen LogP contribution < -0.4 is 9.62 Å². The number of nitrogens with one attached hydrogen (secondary N) is 1. The third kappa shape index (κ3) is 7.04. The molecule has 0 radical (unpaired) electrons. The van der Waals surface area contributed by atoms with Crippen molar-refractivity contribution >= 4 is 45.1 Å². The summed E-state index contributed by atoms with van der Waals surface area (Å²) in [6.45, 7) is 4.22. The lowest BCUT2D eigenvalue weighted by Crippen LogP contribution is -2.41. The van der Waals surface area contributed by atoms with Gasteiger partial charge in [-0.1, -0.05) is 42.0 Å². The zero-order valence-electron chi connectivity index (χ0n) is 19.7. The summed E-state index contributed by atoms with van der Waals surface area (Å²) in [7, 11) is -3.91. The van der Waals surface area contributed by atoms with Crippen molar-refractivity contribution in [3.63, 3.8) is 0 Å². The number of thioether (sulfide) groups is 2. The van der Waals surface area contributed by atoms with Crippen molar-refractivity contribution < 1.29 is 13.2 Å². The molecule has 0 aliphatic carbocycles. The largest absolute Gasteiger partial charge is 0.354 e. The number of nitrogens with zero attached hydrogens (tertiary/aromatic N) is 1. The van der Waals surface area contributed by atoms with E-state index in [0.717, 1.165) is 22.0 Å². The Bertz CT molecular complexity index is 1190. The van der Waals surface area contributed by atoms with E-state index in [2.05, 4.69) is 24.4 Å². The van der Waals surface area contributed by atoms with Gasteiger partial charge >= 0.3 is 0 Å². The molecule has 8 heteroatoms. The minimum absolute atomic E-state index is 0.160. The third-order valence-electron chi connectivity index (χ3n) is 5.34. The van der Waals surface area contributed by atoms with Gasteiger partial charge in [-0.3, -0.25) is 9.10 Å². The van der Waals surface area contributed by atoms with E-state index < -0.39 is 10.0 Å². The lowest BCUT2D eigenvalue weighted by atomic mass is 10.1. The number of carbonyl (C=O) groups excluding carboxylic acids is 1. The van der Waals surface area contributed by atoms with E-state index in [9.17, 15) is 13.2 Å². The minimum atomic E-state index is -3.91. The second-order valence-corrected chi connectivity index (χ2v) is 11.7. The number of amides is 1. The van der Waals surface area contributed by atoms with Gasteiger partial charge in [0.15, 0.2) is 0 Å². The molecule has 0 saturated heterocycles. The number of hydrogen-bond acceptors (Lipinski definition) is 5. The molecule has 1 N–H and O–H groups in total. The normalized spacial score (nSPS) is 11.3. The molecule has 0 aliphatic rings. The third-order valence-corrected chi connectivity index (χ3v) is 8.88. The lowest BCUT2D eigenvalue weighted by molar-refractivity contribution is -0.119. The first kappa shape index (κ1) is 26.2. The predicted octanol–water partition coefficient (Wildman–Crippen LogP) is 5.27. The maximum atomic E-state index is 13.5. The first-order valence-corrected chi connectivity index (χ1v) is 14.8. The molecule has 0 heterocycles. The molecule has 3 aromatic rings. The molecular formula is C26H30N2O3S3. The molecule has 0 bridgehead atoms. The van der Waals surface area contributed by atoms with E-state index in [0.29, 0.717) is 12.2 Å². The number of aryl methyl sites for hydroxylation is 2. The van der Waals surface area contributed by atoms with Crippen molar-refractivity contribution in [3.8, 4) is 0 Å². The summed E-state index contributed by atoms with van der Waals surface area (Å²) in [6, 6.07) is 22.1. The van der Waals surface area contributed by atoms with Crippen LogP contribution in [0.15, 0.2) is 82.6 Å². The Labute approximate surface area is 211 Å². The Morgan fingerprint density at radius 1 is 0.941 bits per heavy atom. The maximum absolute atomic E-state index is 13.5. The monoisotopic (exact) mass is 514 g/mol. The Balaban J connectivity index is 1.66. The van der Waals surface area contributed by atoms with E-state index in [1.165, 1.54) is 15.4 Å². The van der Waals surface area contributed by atoms with Crippen molar-refractivity contribution in [2.75, 3.05) is 29.4 Å². The van der Waals surface area contributed by atoms with Gasteiger partial charge in [0.25, 0.3) is 10.0 Å². The molecule has 3 rings (SSSR count). The second-order valence-electron chi connectivity index (χ2n) is 7.85. The molecule has 0 spiro atoms. The van der Waals surface area contributed by atoms with Crippen LogP contribution in [0.25, 0.3) is 0 Å². The van der Waals surface area contributed by atoms with Crippen LogP contribution in [0, 0.1) is 13.8 Å². The molecule has 0 atom stereocenters. The fourth-order valence-electron chi connectivity index (χ4n) is 3.30. The van der Waals surface area contributed by atoms with Gasteiger partial charge < -0.3 is 5.32 Å². The summed E-state index contributed by atoms with van der Waals surface area (Å²) in [5, 5.41) is 2.87. The molecule has 3 aromatic carbocycles. The van der Waals surface area contributed by atoms with Crippen LogP contribution in [0.5, 0.6) is 0 Å². The van der Waals surface area contributed by atoms with Crippen LogP contribution in [-0.2, 0) is 20.6 Å². The average molecular weight is 515 g/mol. The average Bonchev–Trinajstić information content (AvgIpc) is 2.84. The number of hydrogen-bond donors (Lipinski definition) is 1. The Morgan fingerprint density at radius 3 is 2.26 bits per heavy atom. The zero-order valence-corrected chi connectivity index (χ0v) is 22.1. The van der Waals surface area contributed by atoms with Crippen LogP contribution >= 0.6 is 23.5 Å². The highest BCUT2D eigenvalue weighted by molar-refractivity contribution is 7.98. The highest BCUT2D eigenvalue weighted by Gasteiger charge is 2.27. The fourth-order valence-corrected chi connectivity index (χ4v) is 6.07. The van der Waals surface area contributed by atoms with Crippen LogP contribution in [0.3, 0.4) is 0 Å². The van der Waals surface area contributed by atoms with Gasteiger partial charge in [-0.05, 0) is 67.6 Å². The van der Waals surface area contributed by atoms with Crippen LogP contribution in [-0.4, -0.2) is 39.4 Å². The van der Waals surface area contributed by atoms with Crippen molar-refractivity contribution in [2.24, 2.45) is 0 Å². The summed E-state index contributed by atoms with van der Waals surface area (Å²) in [5.74, 6) is 1.28. The summed E-state index contributed by atoms with van der Waals surface area (Å²) in [6.07, 6.45) is 1.94. The van der Waals surface area contributed by atoms with Crippen molar-refractivity contribution in [3.05, 3.63) is 89.5 Å². The molecule has 0 aromatic heterocycles. The van der Waals surface area contributed by atoms with Crippen molar-refractivity contribution in [2.45, 2.75) is 29.4 Å². The molecule has 180 valence electrons. The van der Waals surface area contributed by atoms with E-state index in [-0.39, 0.29) is 17.3 Å². The predicted molar refractivity (Wildman–Crippen MR) is 144 cm³/mol. The van der Waals surface area contributed by atoms with Crippen LogP contribution in [0.1, 0.15) is 16.7 Å². The Kier molecular flexibility index (Phi) is 9.50. The van der Waals surface area contributed by atoms with Gasteiger partial charge in [0, 0.05) is 22.9 Å². The minimum Gasteiger partial charge on any atom is -0.354 e. The van der Waals surface area contributed by atoms with Gasteiger partial charge in [0.05, 0.1) is 10.6 Å². The highest BCUT2D eigenvalue weighted by Crippen LogP contribution is 2.25. The topological polar surface area (TPSA) is 66.5 Å². The zero-order chi connectivity index (χ0) is 24.6. The number of carbonyl (C=O) groups is 1. The summed E-state index contributed by atoms with van der Waals surface area (Å²) < 4.78 is 28.1. The summed E-state index contributed by atoms with van der Waals surface area (Å²) in [4.78, 5) is 13.9. The second kappa shape index (κ2) is 12.3. The fraction of sp³-hybridized carbons (Fsp3) is 0.269. The molecule has 0 aliphatic heterocycles. The molecule has 0 saturated carbocycles. The maximum Gasteiger partial charge on any atom is 0.264 e. The highest BCUT2D eigenvalue weighted by atomic mass is 32.2. The first-order valence-electron chi connectivity index (χ1n) is 10.9. The van der Waals surface area contributed by atoms with E-state index >= 15 is 0 Å². The lowest BCUT2D eigenvalue weighted by Gasteiger charge is -2.24. The molecule has 1 amide bonds. The number of sulfonamides is 1. The Morgan fingerprint density at radius 2 is 1.62 bits per heavy atom. The Hall–Kier alpha value is -2.42. The smallest absolute Gasteiger partial charge is 0.264 e. The van der Waals surface area contributed by atoms with E-state index in [1.54, 1.807) is 59.9 Å². The van der Waals surface area contributed by atoms with Crippen molar-refractivity contribution in [1.29, 1.82) is 0 Å². The van der Waals surface area contributed by atoms with Gasteiger partial charge in [-0.25, -0.2) is 8.42 Å². The standard InChI is InChI=1S/C26H30N2O3S3/c1-20-8-10-23(11-9-20)28(34(30,31)25-14-12-24(32-3)13-15-25)18-26(29)27-16-17-33-19-22-7-5-4-6-21(22)2/h4-15H,16-19H2,1-3H3,(H,27,29). The van der Waals surface area contributed by atoms with Gasteiger partial charge in [-0.15, -0.1) is 11.8 Å². The first-order chi connectivity index (χ1) is 16.3. The molecule has 0 unspecified atom stereocenters. The van der Waals surface area contributed by atoms with Crippen molar-refractivity contribution in [1.82, 2.24) is 5.32 Å².